The van der Waals surface area contributed by atoms with Gasteiger partial charge < -0.3 is 14.6 Å². The Balaban J connectivity index is 1.84. The molecule has 1 aromatic heterocycles. The van der Waals surface area contributed by atoms with Crippen LogP contribution in [0.3, 0.4) is 0 Å². The highest BCUT2D eigenvalue weighted by Gasteiger charge is 2.27. The molecular formula is C14H22F3N3O. The van der Waals surface area contributed by atoms with Crippen molar-refractivity contribution >= 4 is 5.95 Å². The number of ether oxygens (including phenoxy) is 1. The summed E-state index contributed by atoms with van der Waals surface area (Å²) in [6.45, 7) is 1.06. The molecule has 1 heterocycles. The summed E-state index contributed by atoms with van der Waals surface area (Å²) in [4.78, 5) is 4.41. The Labute approximate surface area is 122 Å². The molecule has 0 unspecified atom stereocenters. The third-order valence-electron chi connectivity index (χ3n) is 3.58. The quantitative estimate of drug-likeness (QED) is 0.817. The molecule has 1 aliphatic carbocycles. The fourth-order valence-electron chi connectivity index (χ4n) is 2.61. The van der Waals surface area contributed by atoms with Crippen molar-refractivity contribution in [3.63, 3.8) is 0 Å². The van der Waals surface area contributed by atoms with Crippen LogP contribution in [-0.4, -0.2) is 35.0 Å². The number of anilines is 1. The highest BCUT2D eigenvalue weighted by atomic mass is 19.4. The van der Waals surface area contributed by atoms with Crippen LogP contribution in [0.15, 0.2) is 6.20 Å². The van der Waals surface area contributed by atoms with Crippen molar-refractivity contribution in [1.82, 2.24) is 9.55 Å². The smallest absolute Gasteiger partial charge is 0.370 e. The number of nitrogens with one attached hydrogen (secondary N) is 1. The molecule has 0 amide bonds. The van der Waals surface area contributed by atoms with Crippen molar-refractivity contribution in [3.8, 4) is 0 Å². The van der Waals surface area contributed by atoms with Gasteiger partial charge in [-0.3, -0.25) is 0 Å². The highest BCUT2D eigenvalue weighted by Crippen LogP contribution is 2.21. The fourth-order valence-corrected chi connectivity index (χ4v) is 2.61. The van der Waals surface area contributed by atoms with E-state index in [0.717, 1.165) is 24.5 Å². The summed E-state index contributed by atoms with van der Waals surface area (Å²) in [5.41, 5.74) is 0.851. The van der Waals surface area contributed by atoms with Crippen LogP contribution in [0.2, 0.25) is 0 Å². The maximum atomic E-state index is 12.0. The molecule has 21 heavy (non-hydrogen) atoms. The minimum atomic E-state index is -4.27. The van der Waals surface area contributed by atoms with E-state index in [-0.39, 0.29) is 6.61 Å². The molecule has 0 bridgehead atoms. The molecule has 0 aromatic carbocycles. The van der Waals surface area contributed by atoms with E-state index in [9.17, 15) is 13.2 Å². The first-order valence-corrected chi connectivity index (χ1v) is 7.39. The van der Waals surface area contributed by atoms with E-state index in [0.29, 0.717) is 12.6 Å². The Morgan fingerprint density at radius 2 is 2.05 bits per heavy atom. The standard InChI is InChI=1S/C14H22F3N3O/c1-11-9-20(7-8-21-10-14(15,16)17)13(18-11)19-12-5-3-2-4-6-12/h9,12H,2-8,10H2,1H3,(H,18,19). The first kappa shape index (κ1) is 16.1. The summed E-state index contributed by atoms with van der Waals surface area (Å²) in [6.07, 6.45) is 3.51. The maximum Gasteiger partial charge on any atom is 0.411 e. The van der Waals surface area contributed by atoms with Crippen LogP contribution in [0.4, 0.5) is 19.1 Å². The lowest BCUT2D eigenvalue weighted by atomic mass is 9.96. The number of nitrogens with zero attached hydrogens (tertiary/aromatic N) is 2. The van der Waals surface area contributed by atoms with Gasteiger partial charge in [0.25, 0.3) is 0 Å². The molecule has 0 atom stereocenters. The number of hydrogen-bond acceptors (Lipinski definition) is 3. The molecule has 1 saturated carbocycles. The zero-order valence-corrected chi connectivity index (χ0v) is 12.2. The molecule has 0 aliphatic heterocycles. The number of rotatable bonds is 6. The van der Waals surface area contributed by atoms with Gasteiger partial charge >= 0.3 is 6.18 Å². The second-order valence-electron chi connectivity index (χ2n) is 5.55. The average molecular weight is 305 g/mol. The molecule has 4 nitrogen and oxygen atoms in total. The second kappa shape index (κ2) is 7.15. The Hall–Kier alpha value is -1.24. The van der Waals surface area contributed by atoms with Crippen molar-refractivity contribution in [1.29, 1.82) is 0 Å². The van der Waals surface area contributed by atoms with E-state index in [1.807, 2.05) is 17.7 Å². The lowest BCUT2D eigenvalue weighted by Gasteiger charge is -2.23. The van der Waals surface area contributed by atoms with E-state index >= 15 is 0 Å². The third-order valence-corrected chi connectivity index (χ3v) is 3.58. The Bertz CT molecular complexity index is 439. The van der Waals surface area contributed by atoms with Crippen LogP contribution in [0.1, 0.15) is 37.8 Å². The van der Waals surface area contributed by atoms with E-state index < -0.39 is 12.8 Å². The van der Waals surface area contributed by atoms with Crippen LogP contribution in [-0.2, 0) is 11.3 Å². The molecule has 1 aromatic rings. The first-order valence-electron chi connectivity index (χ1n) is 7.39. The number of hydrogen-bond donors (Lipinski definition) is 1. The monoisotopic (exact) mass is 305 g/mol. The zero-order chi connectivity index (χ0) is 15.3. The van der Waals surface area contributed by atoms with Gasteiger partial charge in [0.2, 0.25) is 5.95 Å². The minimum Gasteiger partial charge on any atom is -0.370 e. The fraction of sp³-hybridized carbons (Fsp3) is 0.786. The molecule has 0 radical (unpaired) electrons. The molecule has 0 spiro atoms. The highest BCUT2D eigenvalue weighted by molar-refractivity contribution is 5.30. The molecule has 2 rings (SSSR count). The minimum absolute atomic E-state index is 0.0225. The van der Waals surface area contributed by atoms with E-state index in [4.69, 9.17) is 0 Å². The lowest BCUT2D eigenvalue weighted by molar-refractivity contribution is -0.174. The van der Waals surface area contributed by atoms with Gasteiger partial charge in [0.05, 0.1) is 12.3 Å². The number of imidazole rings is 1. The van der Waals surface area contributed by atoms with Gasteiger partial charge in [-0.25, -0.2) is 4.98 Å². The number of aromatic nitrogens is 2. The molecule has 1 fully saturated rings. The summed E-state index contributed by atoms with van der Waals surface area (Å²) in [7, 11) is 0. The predicted octanol–water partition coefficient (Wildman–Crippen LogP) is 3.52. The van der Waals surface area contributed by atoms with Crippen LogP contribution in [0.25, 0.3) is 0 Å². The van der Waals surface area contributed by atoms with Gasteiger partial charge in [0.1, 0.15) is 6.61 Å². The third kappa shape index (κ3) is 5.57. The summed E-state index contributed by atoms with van der Waals surface area (Å²) in [5, 5.41) is 3.40. The molecule has 0 saturated heterocycles. The van der Waals surface area contributed by atoms with Crippen LogP contribution >= 0.6 is 0 Å². The number of aryl methyl sites for hydroxylation is 1. The maximum absolute atomic E-state index is 12.0. The van der Waals surface area contributed by atoms with Gasteiger partial charge in [-0.05, 0) is 19.8 Å². The average Bonchev–Trinajstić information content (AvgIpc) is 2.75. The summed E-state index contributed by atoms with van der Waals surface area (Å²) >= 11 is 0. The normalized spacial score (nSPS) is 17.1. The van der Waals surface area contributed by atoms with Gasteiger partial charge in [-0.2, -0.15) is 13.2 Å². The molecule has 1 N–H and O–H groups in total. The van der Waals surface area contributed by atoms with Gasteiger partial charge in [0.15, 0.2) is 0 Å². The molecule has 120 valence electrons. The zero-order valence-electron chi connectivity index (χ0n) is 12.2. The second-order valence-corrected chi connectivity index (χ2v) is 5.55. The molecule has 7 heteroatoms. The predicted molar refractivity (Wildman–Crippen MR) is 74.3 cm³/mol. The topological polar surface area (TPSA) is 39.1 Å². The van der Waals surface area contributed by atoms with Crippen LogP contribution in [0, 0.1) is 6.92 Å². The summed E-state index contributed by atoms with van der Waals surface area (Å²) < 4.78 is 42.5. The lowest BCUT2D eigenvalue weighted by Crippen LogP contribution is -2.25. The Morgan fingerprint density at radius 3 is 2.71 bits per heavy atom. The largest absolute Gasteiger partial charge is 0.411 e. The van der Waals surface area contributed by atoms with Gasteiger partial charge in [0, 0.05) is 18.8 Å². The molecular weight excluding hydrogens is 283 g/mol. The van der Waals surface area contributed by atoms with E-state index in [1.165, 1.54) is 19.3 Å². The van der Waals surface area contributed by atoms with E-state index in [2.05, 4.69) is 15.0 Å². The number of halogens is 3. The van der Waals surface area contributed by atoms with E-state index in [1.54, 1.807) is 0 Å². The van der Waals surface area contributed by atoms with Crippen molar-refractivity contribution in [3.05, 3.63) is 11.9 Å². The Morgan fingerprint density at radius 1 is 1.33 bits per heavy atom. The van der Waals surface area contributed by atoms with Crippen molar-refractivity contribution in [2.24, 2.45) is 0 Å². The van der Waals surface area contributed by atoms with Gasteiger partial charge in [-0.1, -0.05) is 19.3 Å². The van der Waals surface area contributed by atoms with Crippen molar-refractivity contribution in [2.75, 3.05) is 18.5 Å². The van der Waals surface area contributed by atoms with Gasteiger partial charge in [-0.15, -0.1) is 0 Å². The molecule has 1 aliphatic rings. The number of alkyl halides is 3. The van der Waals surface area contributed by atoms with Crippen LogP contribution < -0.4 is 5.32 Å². The van der Waals surface area contributed by atoms with Crippen molar-refractivity contribution < 1.29 is 17.9 Å². The summed E-state index contributed by atoms with van der Waals surface area (Å²) in [6, 6.07) is 0.412. The van der Waals surface area contributed by atoms with Crippen molar-refractivity contribution in [2.45, 2.75) is 57.8 Å². The van der Waals surface area contributed by atoms with Crippen LogP contribution in [0.5, 0.6) is 0 Å². The first-order chi connectivity index (χ1) is 9.94. The summed E-state index contributed by atoms with van der Waals surface area (Å²) in [5.74, 6) is 0.731. The Kier molecular flexibility index (Phi) is 5.50. The SMILES string of the molecule is Cc1cn(CCOCC(F)(F)F)c(NC2CCCCC2)n1.